The average molecular weight is 335 g/mol. The molecule has 1 unspecified atom stereocenters. The summed E-state index contributed by atoms with van der Waals surface area (Å²) in [5, 5.41) is 8.98. The Morgan fingerprint density at radius 1 is 1.05 bits per heavy atom. The smallest absolute Gasteiger partial charge is 0.240 e. The number of sulfone groups is 1. The monoisotopic (exact) mass is 335 g/mol. The minimum Gasteiger partial charge on any atom is -0.396 e. The minimum atomic E-state index is -3.74. The number of aliphatic hydroxyl groups is 1. The topological polar surface area (TPSA) is 101 Å². The van der Waals surface area contributed by atoms with E-state index < -0.39 is 19.9 Å². The lowest BCUT2D eigenvalue weighted by Gasteiger charge is -2.21. The standard InChI is InChI=1S/C13H21NO5S2/c1-10(2)13(8-9-15)14-21(18,19)12-6-4-11(5-7-12)20(3,16)17/h4-7,10,13-15H,8-9H2,1-3H3. The Morgan fingerprint density at radius 3 is 1.90 bits per heavy atom. The zero-order valence-corrected chi connectivity index (χ0v) is 13.9. The molecule has 1 atom stereocenters. The molecule has 0 saturated heterocycles. The minimum absolute atomic E-state index is 0.00140. The van der Waals surface area contributed by atoms with Gasteiger partial charge < -0.3 is 5.11 Å². The molecule has 0 heterocycles. The number of nitrogens with one attached hydrogen (secondary N) is 1. The molecule has 8 heteroatoms. The maximum absolute atomic E-state index is 12.2. The molecule has 0 spiro atoms. The molecule has 0 amide bonds. The summed E-state index contributed by atoms with van der Waals surface area (Å²) in [4.78, 5) is 0.0655. The van der Waals surface area contributed by atoms with Crippen LogP contribution < -0.4 is 4.72 Å². The molecule has 2 N–H and O–H groups in total. The van der Waals surface area contributed by atoms with Crippen molar-refractivity contribution in [1.82, 2.24) is 4.72 Å². The normalized spacial score (nSPS) is 14.3. The van der Waals surface area contributed by atoms with E-state index >= 15 is 0 Å². The van der Waals surface area contributed by atoms with Crippen LogP contribution in [0.15, 0.2) is 34.1 Å². The molecule has 0 aliphatic rings. The van der Waals surface area contributed by atoms with Crippen molar-refractivity contribution in [2.45, 2.75) is 36.1 Å². The molecule has 6 nitrogen and oxygen atoms in total. The van der Waals surface area contributed by atoms with Gasteiger partial charge in [0.2, 0.25) is 10.0 Å². The predicted octanol–water partition coefficient (Wildman–Crippen LogP) is 0.775. The molecular formula is C13H21NO5S2. The summed E-state index contributed by atoms with van der Waals surface area (Å²) in [6.07, 6.45) is 1.38. The molecule has 1 aromatic carbocycles. The van der Waals surface area contributed by atoms with E-state index in [1.165, 1.54) is 24.3 Å². The first-order valence-corrected chi connectivity index (χ1v) is 9.88. The van der Waals surface area contributed by atoms with E-state index in [1.807, 2.05) is 13.8 Å². The molecule has 21 heavy (non-hydrogen) atoms. The van der Waals surface area contributed by atoms with Gasteiger partial charge in [0.1, 0.15) is 0 Å². The van der Waals surface area contributed by atoms with Crippen LogP contribution in [0.2, 0.25) is 0 Å². The fraction of sp³-hybridized carbons (Fsp3) is 0.538. The second kappa shape index (κ2) is 6.87. The van der Waals surface area contributed by atoms with Crippen molar-refractivity contribution in [2.75, 3.05) is 12.9 Å². The van der Waals surface area contributed by atoms with Gasteiger partial charge in [0.25, 0.3) is 0 Å². The Morgan fingerprint density at radius 2 is 1.52 bits per heavy atom. The molecule has 0 fully saturated rings. The van der Waals surface area contributed by atoms with Gasteiger partial charge in [0.05, 0.1) is 9.79 Å². The first-order chi connectivity index (χ1) is 9.58. The lowest BCUT2D eigenvalue weighted by molar-refractivity contribution is 0.256. The van der Waals surface area contributed by atoms with Crippen LogP contribution in [0.4, 0.5) is 0 Å². The maximum Gasteiger partial charge on any atom is 0.240 e. The number of sulfonamides is 1. The summed E-state index contributed by atoms with van der Waals surface area (Å²) in [6.45, 7) is 3.60. The van der Waals surface area contributed by atoms with Crippen LogP contribution in [0.25, 0.3) is 0 Å². The molecule has 0 aromatic heterocycles. The second-order valence-electron chi connectivity index (χ2n) is 5.23. The van der Waals surface area contributed by atoms with E-state index in [2.05, 4.69) is 4.72 Å². The van der Waals surface area contributed by atoms with Gasteiger partial charge in [0, 0.05) is 18.9 Å². The summed E-state index contributed by atoms with van der Waals surface area (Å²) in [7, 11) is -7.10. The molecule has 0 saturated carbocycles. The number of hydrogen-bond donors (Lipinski definition) is 2. The highest BCUT2D eigenvalue weighted by Gasteiger charge is 2.22. The Hall–Kier alpha value is -0.960. The quantitative estimate of drug-likeness (QED) is 0.767. The number of hydrogen-bond acceptors (Lipinski definition) is 5. The van der Waals surface area contributed by atoms with E-state index in [0.29, 0.717) is 6.42 Å². The Balaban J connectivity index is 3.03. The Kier molecular flexibility index (Phi) is 5.92. The lowest BCUT2D eigenvalue weighted by Crippen LogP contribution is -2.39. The predicted molar refractivity (Wildman–Crippen MR) is 80.2 cm³/mol. The van der Waals surface area contributed by atoms with E-state index in [4.69, 9.17) is 5.11 Å². The van der Waals surface area contributed by atoms with Crippen molar-refractivity contribution in [3.05, 3.63) is 24.3 Å². The van der Waals surface area contributed by atoms with Crippen molar-refractivity contribution in [3.8, 4) is 0 Å². The van der Waals surface area contributed by atoms with Crippen LogP contribution in [-0.2, 0) is 19.9 Å². The molecule has 120 valence electrons. The van der Waals surface area contributed by atoms with Gasteiger partial charge in [-0.15, -0.1) is 0 Å². The molecule has 1 rings (SSSR count). The van der Waals surface area contributed by atoms with E-state index in [9.17, 15) is 16.8 Å². The van der Waals surface area contributed by atoms with Crippen LogP contribution in [0.5, 0.6) is 0 Å². The first-order valence-electron chi connectivity index (χ1n) is 6.51. The Bertz CT molecular complexity index is 663. The largest absolute Gasteiger partial charge is 0.396 e. The van der Waals surface area contributed by atoms with Gasteiger partial charge >= 0.3 is 0 Å². The highest BCUT2D eigenvalue weighted by Crippen LogP contribution is 2.16. The van der Waals surface area contributed by atoms with Crippen molar-refractivity contribution in [2.24, 2.45) is 5.92 Å². The highest BCUT2D eigenvalue weighted by molar-refractivity contribution is 7.90. The number of benzene rings is 1. The van der Waals surface area contributed by atoms with Gasteiger partial charge in [-0.2, -0.15) is 0 Å². The van der Waals surface area contributed by atoms with E-state index in [-0.39, 0.29) is 28.4 Å². The fourth-order valence-corrected chi connectivity index (χ4v) is 3.85. The molecule has 0 aliphatic carbocycles. The summed E-state index contributed by atoms with van der Waals surface area (Å²) < 4.78 is 49.7. The summed E-state index contributed by atoms with van der Waals surface area (Å²) >= 11 is 0. The third-order valence-corrected chi connectivity index (χ3v) is 5.75. The Labute approximate surface area is 126 Å². The van der Waals surface area contributed by atoms with Gasteiger partial charge in [-0.3, -0.25) is 0 Å². The summed E-state index contributed by atoms with van der Waals surface area (Å²) in [5.41, 5.74) is 0. The SMILES string of the molecule is CC(C)C(CCO)NS(=O)(=O)c1ccc(S(C)(=O)=O)cc1. The van der Waals surface area contributed by atoms with Crippen LogP contribution in [-0.4, -0.2) is 40.8 Å². The molecular weight excluding hydrogens is 314 g/mol. The van der Waals surface area contributed by atoms with Gasteiger partial charge in [-0.05, 0) is 36.6 Å². The fourth-order valence-electron chi connectivity index (χ4n) is 1.80. The molecule has 0 aliphatic heterocycles. The van der Waals surface area contributed by atoms with Crippen molar-refractivity contribution < 1.29 is 21.9 Å². The van der Waals surface area contributed by atoms with Crippen LogP contribution in [0.1, 0.15) is 20.3 Å². The van der Waals surface area contributed by atoms with Gasteiger partial charge in [-0.1, -0.05) is 13.8 Å². The zero-order valence-electron chi connectivity index (χ0n) is 12.3. The third-order valence-electron chi connectivity index (χ3n) is 3.11. The van der Waals surface area contributed by atoms with Crippen LogP contribution in [0.3, 0.4) is 0 Å². The van der Waals surface area contributed by atoms with E-state index in [1.54, 1.807) is 0 Å². The first kappa shape index (κ1) is 18.1. The van der Waals surface area contributed by atoms with Crippen molar-refractivity contribution >= 4 is 19.9 Å². The second-order valence-corrected chi connectivity index (χ2v) is 8.96. The molecule has 0 radical (unpaired) electrons. The van der Waals surface area contributed by atoms with Crippen molar-refractivity contribution in [3.63, 3.8) is 0 Å². The zero-order chi connectivity index (χ0) is 16.3. The lowest BCUT2D eigenvalue weighted by atomic mass is 10.0. The third kappa shape index (κ3) is 5.06. The highest BCUT2D eigenvalue weighted by atomic mass is 32.2. The number of rotatable bonds is 7. The van der Waals surface area contributed by atoms with Crippen LogP contribution >= 0.6 is 0 Å². The van der Waals surface area contributed by atoms with E-state index in [0.717, 1.165) is 6.26 Å². The van der Waals surface area contributed by atoms with Gasteiger partial charge in [0.15, 0.2) is 9.84 Å². The summed E-state index contributed by atoms with van der Waals surface area (Å²) in [5.74, 6) is 0.0298. The van der Waals surface area contributed by atoms with Crippen LogP contribution in [0, 0.1) is 5.92 Å². The summed E-state index contributed by atoms with van der Waals surface area (Å²) in [6, 6.07) is 4.67. The molecule has 1 aromatic rings. The maximum atomic E-state index is 12.2. The molecule has 0 bridgehead atoms. The average Bonchev–Trinajstić information content (AvgIpc) is 2.37. The number of aliphatic hydroxyl groups excluding tert-OH is 1. The van der Waals surface area contributed by atoms with Gasteiger partial charge in [-0.25, -0.2) is 21.6 Å². The van der Waals surface area contributed by atoms with Crippen molar-refractivity contribution in [1.29, 1.82) is 0 Å².